The van der Waals surface area contributed by atoms with E-state index in [9.17, 15) is 0 Å². The first-order chi connectivity index (χ1) is 11.0. The Bertz CT molecular complexity index is 642. The number of aliphatic imine (C=N–C) groups is 2. The normalized spacial score (nSPS) is 11.9. The molecule has 2 aromatic rings. The summed E-state index contributed by atoms with van der Waals surface area (Å²) in [7, 11) is 1.25. The van der Waals surface area contributed by atoms with E-state index in [0.717, 1.165) is 31.7 Å². The van der Waals surface area contributed by atoms with Gasteiger partial charge in [-0.2, -0.15) is 0 Å². The Hall–Kier alpha value is 0.194. The van der Waals surface area contributed by atoms with Crippen LogP contribution in [-0.4, -0.2) is 11.4 Å². The molecule has 0 aliphatic carbocycles. The maximum atomic E-state index is 4.61. The fraction of sp³-hybridized carbons (Fsp3) is 0.125. The van der Waals surface area contributed by atoms with Gasteiger partial charge in [-0.3, -0.25) is 9.98 Å². The molecule has 23 heavy (non-hydrogen) atoms. The fourth-order valence-electron chi connectivity index (χ4n) is 1.61. The van der Waals surface area contributed by atoms with Crippen molar-refractivity contribution in [3.8, 4) is 0 Å². The van der Waals surface area contributed by atoms with Crippen molar-refractivity contribution >= 4 is 83.1 Å². The van der Waals surface area contributed by atoms with Crippen LogP contribution in [0, 0.1) is 0 Å². The van der Waals surface area contributed by atoms with Crippen molar-refractivity contribution < 1.29 is 10.9 Å². The van der Waals surface area contributed by atoms with Crippen molar-refractivity contribution in [3.05, 3.63) is 57.5 Å². The van der Waals surface area contributed by atoms with Gasteiger partial charge in [0.1, 0.15) is 0 Å². The minimum atomic E-state index is 0.896. The molecule has 0 atom stereocenters. The number of hydrogen-bond donors (Lipinski definition) is 0. The summed E-state index contributed by atoms with van der Waals surface area (Å²) in [6, 6.07) is 15.8. The summed E-state index contributed by atoms with van der Waals surface area (Å²) in [6.07, 6.45) is 0. The Morgan fingerprint density at radius 1 is 0.739 bits per heavy atom. The molecule has 0 fully saturated rings. The zero-order valence-electron chi connectivity index (χ0n) is 12.3. The van der Waals surface area contributed by atoms with Gasteiger partial charge >= 0.3 is 39.3 Å². The van der Waals surface area contributed by atoms with Gasteiger partial charge in [-0.25, -0.2) is 0 Å². The van der Waals surface area contributed by atoms with Crippen LogP contribution in [0.1, 0.15) is 13.8 Å². The molecule has 7 heteroatoms. The van der Waals surface area contributed by atoms with E-state index < -0.39 is 0 Å². The van der Waals surface area contributed by atoms with Crippen molar-refractivity contribution in [1.29, 1.82) is 0 Å². The zero-order chi connectivity index (χ0) is 17.2. The summed E-state index contributed by atoms with van der Waals surface area (Å²) in [5.41, 5.74) is 3.61. The number of benzene rings is 2. The molecule has 2 rings (SSSR count). The van der Waals surface area contributed by atoms with Gasteiger partial charge in [0.25, 0.3) is 0 Å². The summed E-state index contributed by atoms with van der Waals surface area (Å²) in [4.78, 5) is 9.22. The first-order valence-corrected chi connectivity index (χ1v) is 12.9. The monoisotopic (exact) mass is 608 g/mol. The maximum absolute atomic E-state index is 4.61. The van der Waals surface area contributed by atoms with Gasteiger partial charge in [0, 0.05) is 8.95 Å². The van der Waals surface area contributed by atoms with Gasteiger partial charge in [-0.05, 0) is 70.0 Å². The molecule has 0 amide bonds. The van der Waals surface area contributed by atoms with E-state index in [0.29, 0.717) is 0 Å². The van der Waals surface area contributed by atoms with Gasteiger partial charge in [-0.15, -0.1) is 0 Å². The van der Waals surface area contributed by atoms with Gasteiger partial charge in [-0.1, -0.05) is 24.3 Å². The number of hydrogen-bond acceptors (Lipinski definition) is 2. The van der Waals surface area contributed by atoms with Crippen LogP contribution in [-0.2, 0) is 10.9 Å². The van der Waals surface area contributed by atoms with Crippen molar-refractivity contribution in [2.75, 3.05) is 0 Å². The molecule has 0 aliphatic heterocycles. The van der Waals surface area contributed by atoms with Gasteiger partial charge in [0.15, 0.2) is 0 Å². The summed E-state index contributed by atoms with van der Waals surface area (Å²) in [5.74, 6) is 0. The predicted molar refractivity (Wildman–Crippen MR) is 112 cm³/mol. The van der Waals surface area contributed by atoms with Crippen molar-refractivity contribution in [1.82, 2.24) is 0 Å². The number of rotatable bonds is 3. The minimum absolute atomic E-state index is 0.896. The molecule has 0 heterocycles. The third-order valence-corrected chi connectivity index (χ3v) is 4.15. The number of halogens is 4. The second-order valence-corrected chi connectivity index (χ2v) is 11.0. The summed E-state index contributed by atoms with van der Waals surface area (Å²) in [6.45, 7) is 3.93. The zero-order valence-corrected chi connectivity index (χ0v) is 19.7. The molecular weight excluding hydrogens is 598 g/mol. The fourth-order valence-corrected chi connectivity index (χ4v) is 2.35. The topological polar surface area (TPSA) is 24.7 Å². The van der Waals surface area contributed by atoms with E-state index >= 15 is 0 Å². The summed E-state index contributed by atoms with van der Waals surface area (Å²) >= 11 is 13.0. The molecule has 0 saturated carbocycles. The first kappa shape index (κ1) is 21.2. The second-order valence-electron chi connectivity index (χ2n) is 4.34. The molecule has 0 aromatic heterocycles. The van der Waals surface area contributed by atoms with E-state index in [4.69, 9.17) is 0 Å². The van der Waals surface area contributed by atoms with Gasteiger partial charge in [0.2, 0.25) is 0 Å². The molecule has 0 spiro atoms. The van der Waals surface area contributed by atoms with Crippen LogP contribution < -0.4 is 0 Å². The SMILES string of the molecule is CC(=Nc1ccccc1Br)C(C)=Nc1ccccc1Br.[Br][Ni][Br]. The Labute approximate surface area is 173 Å². The predicted octanol–water partition coefficient (Wildman–Crippen LogP) is 7.79. The van der Waals surface area contributed by atoms with Crippen molar-refractivity contribution in [2.24, 2.45) is 9.98 Å². The molecule has 0 bridgehead atoms. The molecular formula is C16H14Br4N2Ni. The average molecular weight is 613 g/mol. The van der Waals surface area contributed by atoms with Crippen LogP contribution in [0.5, 0.6) is 0 Å². The van der Waals surface area contributed by atoms with E-state index in [1.165, 1.54) is 10.9 Å². The molecule has 2 aromatic carbocycles. The summed E-state index contributed by atoms with van der Waals surface area (Å²) in [5, 5.41) is 0. The first-order valence-electron chi connectivity index (χ1n) is 6.42. The van der Waals surface area contributed by atoms with Crippen LogP contribution in [0.2, 0.25) is 0 Å². The Morgan fingerprint density at radius 2 is 1.04 bits per heavy atom. The molecule has 2 nitrogen and oxygen atoms in total. The van der Waals surface area contributed by atoms with Crippen LogP contribution in [0.25, 0.3) is 0 Å². The van der Waals surface area contributed by atoms with Gasteiger partial charge in [0.05, 0.1) is 22.8 Å². The third kappa shape index (κ3) is 7.74. The van der Waals surface area contributed by atoms with E-state index in [1.807, 2.05) is 62.4 Å². The quantitative estimate of drug-likeness (QED) is 0.250. The van der Waals surface area contributed by atoms with Crippen LogP contribution in [0.4, 0.5) is 11.4 Å². The number of nitrogens with zero attached hydrogens (tertiary/aromatic N) is 2. The second kappa shape index (κ2) is 11.7. The van der Waals surface area contributed by atoms with E-state index in [-0.39, 0.29) is 0 Å². The Morgan fingerprint density at radius 3 is 1.35 bits per heavy atom. The molecule has 0 aliphatic rings. The van der Waals surface area contributed by atoms with Crippen LogP contribution in [0.3, 0.4) is 0 Å². The molecule has 126 valence electrons. The van der Waals surface area contributed by atoms with Crippen molar-refractivity contribution in [2.45, 2.75) is 13.8 Å². The molecule has 0 N–H and O–H groups in total. The standard InChI is InChI=1S/C16H14Br2N2.2BrH.Ni/c1-11(19-15-9-5-3-7-13(15)17)12(2)20-16-10-6-4-8-14(16)18;;;/h3-10H,1-2H3;2*1H;/q;;;+2/p-2. The molecule has 0 radical (unpaired) electrons. The summed E-state index contributed by atoms with van der Waals surface area (Å²) < 4.78 is 1.96. The average Bonchev–Trinajstić information content (AvgIpc) is 2.52. The van der Waals surface area contributed by atoms with Crippen LogP contribution in [0.15, 0.2) is 67.5 Å². The Balaban J connectivity index is 0.000000816. The third-order valence-electron chi connectivity index (χ3n) is 2.80. The van der Waals surface area contributed by atoms with Gasteiger partial charge < -0.3 is 0 Å². The molecule has 0 unspecified atom stereocenters. The van der Waals surface area contributed by atoms with E-state index in [2.05, 4.69) is 70.3 Å². The Kier molecular flexibility index (Phi) is 10.8. The van der Waals surface area contributed by atoms with E-state index in [1.54, 1.807) is 0 Å². The van der Waals surface area contributed by atoms with Crippen molar-refractivity contribution in [3.63, 3.8) is 0 Å². The number of para-hydroxylation sites is 2. The molecule has 0 saturated heterocycles. The van der Waals surface area contributed by atoms with Crippen LogP contribution >= 0.6 is 60.3 Å².